The molecule has 0 aromatic heterocycles. The van der Waals surface area contributed by atoms with Crippen molar-refractivity contribution in [3.63, 3.8) is 0 Å². The number of fused-ring (bicyclic) bond motifs is 1. The number of amides is 2. The average molecular weight is 315 g/mol. The van der Waals surface area contributed by atoms with Crippen molar-refractivity contribution in [2.75, 3.05) is 11.4 Å². The Morgan fingerprint density at radius 3 is 2.64 bits per heavy atom. The maximum Gasteiger partial charge on any atom is 0.316 e. The summed E-state index contributed by atoms with van der Waals surface area (Å²) in [7, 11) is 0. The van der Waals surface area contributed by atoms with Gasteiger partial charge < -0.3 is 10.2 Å². The van der Waals surface area contributed by atoms with Gasteiger partial charge in [-0.1, -0.05) is 48.0 Å². The van der Waals surface area contributed by atoms with Crippen LogP contribution in [0.3, 0.4) is 0 Å². The molecule has 0 saturated heterocycles. The molecule has 1 aliphatic rings. The number of nitrogens with zero attached hydrogens (tertiary/aromatic N) is 1. The Labute approximate surface area is 133 Å². The number of nitrogens with one attached hydrogen (secondary N) is 1. The summed E-state index contributed by atoms with van der Waals surface area (Å²) in [6.07, 6.45) is 0.777. The van der Waals surface area contributed by atoms with Crippen LogP contribution in [-0.4, -0.2) is 18.4 Å². The van der Waals surface area contributed by atoms with E-state index in [1.165, 1.54) is 4.90 Å². The van der Waals surface area contributed by atoms with Gasteiger partial charge in [0, 0.05) is 23.8 Å². The largest absolute Gasteiger partial charge is 0.344 e. The summed E-state index contributed by atoms with van der Waals surface area (Å²) < 4.78 is 0. The molecule has 1 aliphatic heterocycles. The van der Waals surface area contributed by atoms with Gasteiger partial charge in [0.1, 0.15) is 0 Å². The predicted octanol–water partition coefficient (Wildman–Crippen LogP) is 2.55. The van der Waals surface area contributed by atoms with Crippen LogP contribution < -0.4 is 10.2 Å². The zero-order valence-electron chi connectivity index (χ0n) is 11.9. The summed E-state index contributed by atoms with van der Waals surface area (Å²) in [5, 5.41) is 3.20. The molecule has 0 spiro atoms. The summed E-state index contributed by atoms with van der Waals surface area (Å²) in [4.78, 5) is 25.9. The van der Waals surface area contributed by atoms with E-state index in [-0.39, 0.29) is 6.54 Å². The monoisotopic (exact) mass is 314 g/mol. The number of halogens is 1. The minimum atomic E-state index is -0.614. The second kappa shape index (κ2) is 6.20. The minimum absolute atomic E-state index is 0.236. The summed E-state index contributed by atoms with van der Waals surface area (Å²) >= 11 is 6.03. The van der Waals surface area contributed by atoms with Gasteiger partial charge in [0.2, 0.25) is 0 Å². The molecule has 0 radical (unpaired) electrons. The van der Waals surface area contributed by atoms with Crippen molar-refractivity contribution in [1.82, 2.24) is 5.32 Å². The highest BCUT2D eigenvalue weighted by Gasteiger charge is 2.28. The average Bonchev–Trinajstić information content (AvgIpc) is 2.97. The normalized spacial score (nSPS) is 12.9. The van der Waals surface area contributed by atoms with Crippen molar-refractivity contribution in [3.8, 4) is 0 Å². The first-order valence-corrected chi connectivity index (χ1v) is 7.45. The van der Waals surface area contributed by atoms with Gasteiger partial charge in [-0.3, -0.25) is 9.59 Å². The summed E-state index contributed by atoms with van der Waals surface area (Å²) in [5.41, 5.74) is 2.70. The molecule has 0 fully saturated rings. The lowest BCUT2D eigenvalue weighted by molar-refractivity contribution is -0.137. The molecule has 0 saturated carbocycles. The molecule has 1 heterocycles. The standard InChI is InChI=1S/C17H15ClN2O2/c18-14-7-3-1-6-13(14)11-19-16(21)17(22)20-10-9-12-5-2-4-8-15(12)20/h1-8H,9-11H2,(H,19,21). The van der Waals surface area contributed by atoms with E-state index in [0.29, 0.717) is 11.6 Å². The highest BCUT2D eigenvalue weighted by atomic mass is 35.5. The van der Waals surface area contributed by atoms with Gasteiger partial charge in [0.05, 0.1) is 0 Å². The third kappa shape index (κ3) is 2.83. The number of carbonyl (C=O) groups excluding carboxylic acids is 2. The third-order valence-electron chi connectivity index (χ3n) is 3.72. The van der Waals surface area contributed by atoms with Crippen molar-refractivity contribution in [1.29, 1.82) is 0 Å². The molecular weight excluding hydrogens is 300 g/mol. The quantitative estimate of drug-likeness (QED) is 0.866. The Bertz CT molecular complexity index is 730. The number of rotatable bonds is 2. The molecule has 5 heteroatoms. The smallest absolute Gasteiger partial charge is 0.316 e. The van der Waals surface area contributed by atoms with Crippen molar-refractivity contribution < 1.29 is 9.59 Å². The van der Waals surface area contributed by atoms with E-state index in [9.17, 15) is 9.59 Å². The summed E-state index contributed by atoms with van der Waals surface area (Å²) in [5.74, 6) is -1.14. The summed E-state index contributed by atoms with van der Waals surface area (Å²) in [6.45, 7) is 0.775. The summed E-state index contributed by atoms with van der Waals surface area (Å²) in [6, 6.07) is 14.9. The van der Waals surface area contributed by atoms with Crippen LogP contribution in [-0.2, 0) is 22.6 Å². The zero-order valence-corrected chi connectivity index (χ0v) is 12.6. The molecule has 2 amide bonds. The lowest BCUT2D eigenvalue weighted by Gasteiger charge is -2.16. The van der Waals surface area contributed by atoms with E-state index < -0.39 is 11.8 Å². The molecule has 4 nitrogen and oxygen atoms in total. The number of hydrogen-bond donors (Lipinski definition) is 1. The number of para-hydroxylation sites is 1. The van der Waals surface area contributed by atoms with E-state index >= 15 is 0 Å². The zero-order chi connectivity index (χ0) is 15.5. The molecule has 2 aromatic carbocycles. The molecule has 3 rings (SSSR count). The van der Waals surface area contributed by atoms with E-state index in [4.69, 9.17) is 11.6 Å². The molecule has 2 aromatic rings. The van der Waals surface area contributed by atoms with Crippen LogP contribution in [0.2, 0.25) is 5.02 Å². The second-order valence-corrected chi connectivity index (χ2v) is 5.52. The highest BCUT2D eigenvalue weighted by molar-refractivity contribution is 6.40. The van der Waals surface area contributed by atoms with E-state index in [0.717, 1.165) is 23.2 Å². The van der Waals surface area contributed by atoms with Gasteiger partial charge in [-0.2, -0.15) is 0 Å². The van der Waals surface area contributed by atoms with Gasteiger partial charge in [-0.15, -0.1) is 0 Å². The molecule has 0 bridgehead atoms. The van der Waals surface area contributed by atoms with Crippen LogP contribution in [0.25, 0.3) is 0 Å². The van der Waals surface area contributed by atoms with E-state index in [2.05, 4.69) is 5.32 Å². The number of anilines is 1. The second-order valence-electron chi connectivity index (χ2n) is 5.11. The molecule has 112 valence electrons. The Balaban J connectivity index is 1.66. The fraction of sp³-hybridized carbons (Fsp3) is 0.176. The molecule has 1 N–H and O–H groups in total. The molecule has 0 aliphatic carbocycles. The van der Waals surface area contributed by atoms with Gasteiger partial charge in [0.15, 0.2) is 0 Å². The van der Waals surface area contributed by atoms with Crippen LogP contribution in [0.15, 0.2) is 48.5 Å². The highest BCUT2D eigenvalue weighted by Crippen LogP contribution is 2.27. The third-order valence-corrected chi connectivity index (χ3v) is 4.09. The van der Waals surface area contributed by atoms with Gasteiger partial charge in [-0.05, 0) is 29.7 Å². The maximum atomic E-state index is 12.3. The van der Waals surface area contributed by atoms with Crippen LogP contribution >= 0.6 is 11.6 Å². The first kappa shape index (κ1) is 14.6. The van der Waals surface area contributed by atoms with E-state index in [1.807, 2.05) is 42.5 Å². The van der Waals surface area contributed by atoms with Crippen LogP contribution in [0.5, 0.6) is 0 Å². The number of carbonyl (C=O) groups is 2. The van der Waals surface area contributed by atoms with Crippen LogP contribution in [0.1, 0.15) is 11.1 Å². The topological polar surface area (TPSA) is 49.4 Å². The first-order chi connectivity index (χ1) is 10.7. The van der Waals surface area contributed by atoms with Gasteiger partial charge in [0.25, 0.3) is 0 Å². The Kier molecular flexibility index (Phi) is 4.11. The molecular formula is C17H15ClN2O2. The van der Waals surface area contributed by atoms with Crippen LogP contribution in [0.4, 0.5) is 5.69 Å². The number of benzene rings is 2. The fourth-order valence-electron chi connectivity index (χ4n) is 2.56. The molecule has 22 heavy (non-hydrogen) atoms. The number of hydrogen-bond acceptors (Lipinski definition) is 2. The van der Waals surface area contributed by atoms with Gasteiger partial charge >= 0.3 is 11.8 Å². The minimum Gasteiger partial charge on any atom is -0.344 e. The van der Waals surface area contributed by atoms with Crippen molar-refractivity contribution >= 4 is 29.1 Å². The SMILES string of the molecule is O=C(NCc1ccccc1Cl)C(=O)N1CCc2ccccc21. The Morgan fingerprint density at radius 1 is 1.09 bits per heavy atom. The lowest BCUT2D eigenvalue weighted by atomic mass is 10.2. The maximum absolute atomic E-state index is 12.3. The van der Waals surface area contributed by atoms with Crippen LogP contribution in [0, 0.1) is 0 Å². The predicted molar refractivity (Wildman–Crippen MR) is 85.8 cm³/mol. The van der Waals surface area contributed by atoms with E-state index in [1.54, 1.807) is 6.07 Å². The lowest BCUT2D eigenvalue weighted by Crippen LogP contribution is -2.42. The van der Waals surface area contributed by atoms with Crippen molar-refractivity contribution in [2.24, 2.45) is 0 Å². The first-order valence-electron chi connectivity index (χ1n) is 7.08. The van der Waals surface area contributed by atoms with Crippen molar-refractivity contribution in [2.45, 2.75) is 13.0 Å². The van der Waals surface area contributed by atoms with Gasteiger partial charge in [-0.25, -0.2) is 0 Å². The molecule has 0 unspecified atom stereocenters. The Morgan fingerprint density at radius 2 is 1.82 bits per heavy atom. The van der Waals surface area contributed by atoms with Crippen molar-refractivity contribution in [3.05, 3.63) is 64.7 Å². The Hall–Kier alpha value is -2.33. The fourth-order valence-corrected chi connectivity index (χ4v) is 2.77. The molecule has 0 atom stereocenters.